The second-order valence-corrected chi connectivity index (χ2v) is 6.18. The van der Waals surface area contributed by atoms with Crippen molar-refractivity contribution < 1.29 is 18.5 Å². The van der Waals surface area contributed by atoms with Gasteiger partial charge in [-0.05, 0) is 50.7 Å². The number of carbonyl (C=O) groups is 1. The lowest BCUT2D eigenvalue weighted by Gasteiger charge is -2.03. The van der Waals surface area contributed by atoms with Crippen molar-refractivity contribution in [2.24, 2.45) is 0 Å². The Bertz CT molecular complexity index is 952. The standard InChI is InChI=1S/C16H12BrFN4O4/c17-13-9-21(20-15(13)22(24)25)8-12-5-6-14(26-12)16(23)19-7-10-1-3-11(18)4-2-10/h1-6,9H,7-8H2,(H,19,23). The molecule has 0 aliphatic heterocycles. The van der Waals surface area contributed by atoms with Crippen LogP contribution in [0.3, 0.4) is 0 Å². The van der Waals surface area contributed by atoms with E-state index in [2.05, 4.69) is 26.3 Å². The summed E-state index contributed by atoms with van der Waals surface area (Å²) in [5.41, 5.74) is 0.750. The molecule has 2 heterocycles. The van der Waals surface area contributed by atoms with Gasteiger partial charge in [0.05, 0.1) is 11.3 Å². The summed E-state index contributed by atoms with van der Waals surface area (Å²) in [6.45, 7) is 0.366. The first kappa shape index (κ1) is 17.8. The van der Waals surface area contributed by atoms with Gasteiger partial charge in [-0.15, -0.1) is 0 Å². The average molecular weight is 423 g/mol. The summed E-state index contributed by atoms with van der Waals surface area (Å²) < 4.78 is 19.9. The molecule has 0 atom stereocenters. The maximum atomic E-state index is 12.9. The Labute approximate surface area is 154 Å². The van der Waals surface area contributed by atoms with E-state index in [0.29, 0.717) is 5.76 Å². The number of rotatable bonds is 6. The van der Waals surface area contributed by atoms with Crippen LogP contribution in [0.25, 0.3) is 0 Å². The van der Waals surface area contributed by atoms with Gasteiger partial charge in [-0.25, -0.2) is 4.39 Å². The monoisotopic (exact) mass is 422 g/mol. The van der Waals surface area contributed by atoms with Gasteiger partial charge in [-0.3, -0.25) is 4.79 Å². The Morgan fingerprint density at radius 3 is 2.69 bits per heavy atom. The van der Waals surface area contributed by atoms with E-state index in [-0.39, 0.29) is 35.0 Å². The fourth-order valence-corrected chi connectivity index (χ4v) is 2.67. The number of furan rings is 1. The number of nitro groups is 1. The molecule has 0 unspecified atom stereocenters. The van der Waals surface area contributed by atoms with Gasteiger partial charge in [-0.2, -0.15) is 4.68 Å². The van der Waals surface area contributed by atoms with E-state index in [1.54, 1.807) is 18.2 Å². The lowest BCUT2D eigenvalue weighted by molar-refractivity contribution is -0.390. The van der Waals surface area contributed by atoms with Gasteiger partial charge in [0.1, 0.15) is 22.6 Å². The quantitative estimate of drug-likeness (QED) is 0.484. The predicted molar refractivity (Wildman–Crippen MR) is 92.0 cm³/mol. The normalized spacial score (nSPS) is 10.7. The summed E-state index contributed by atoms with van der Waals surface area (Å²) in [4.78, 5) is 22.3. The minimum atomic E-state index is -0.600. The Morgan fingerprint density at radius 2 is 2.04 bits per heavy atom. The number of amides is 1. The van der Waals surface area contributed by atoms with Gasteiger partial charge in [0.15, 0.2) is 5.76 Å². The average Bonchev–Trinajstić information content (AvgIpc) is 3.21. The van der Waals surface area contributed by atoms with Crippen LogP contribution in [0.4, 0.5) is 10.2 Å². The molecule has 3 aromatic rings. The summed E-state index contributed by atoms with van der Waals surface area (Å²) in [6, 6.07) is 8.87. The molecule has 2 aromatic heterocycles. The molecule has 0 radical (unpaired) electrons. The van der Waals surface area contributed by atoms with Crippen LogP contribution in [-0.2, 0) is 13.1 Å². The number of hydrogen-bond acceptors (Lipinski definition) is 5. The van der Waals surface area contributed by atoms with Crippen molar-refractivity contribution in [2.75, 3.05) is 0 Å². The summed E-state index contributed by atoms with van der Waals surface area (Å²) in [6.07, 6.45) is 1.45. The molecule has 0 saturated carbocycles. The van der Waals surface area contributed by atoms with E-state index in [1.807, 2.05) is 0 Å². The highest BCUT2D eigenvalue weighted by Crippen LogP contribution is 2.22. The van der Waals surface area contributed by atoms with Crippen LogP contribution in [0, 0.1) is 15.9 Å². The molecule has 10 heteroatoms. The number of halogens is 2. The summed E-state index contributed by atoms with van der Waals surface area (Å²) in [5, 5.41) is 17.3. The number of hydrogen-bond donors (Lipinski definition) is 1. The molecule has 0 saturated heterocycles. The topological polar surface area (TPSA) is 103 Å². The highest BCUT2D eigenvalue weighted by Gasteiger charge is 2.20. The van der Waals surface area contributed by atoms with Crippen molar-refractivity contribution in [3.8, 4) is 0 Å². The summed E-state index contributed by atoms with van der Waals surface area (Å²) in [7, 11) is 0. The van der Waals surface area contributed by atoms with E-state index in [9.17, 15) is 19.3 Å². The van der Waals surface area contributed by atoms with Gasteiger partial charge >= 0.3 is 5.82 Å². The third-order valence-corrected chi connectivity index (χ3v) is 4.00. The fourth-order valence-electron chi connectivity index (χ4n) is 2.21. The lowest BCUT2D eigenvalue weighted by Crippen LogP contribution is -2.22. The number of benzene rings is 1. The van der Waals surface area contributed by atoms with Crippen molar-refractivity contribution in [3.63, 3.8) is 0 Å². The van der Waals surface area contributed by atoms with E-state index in [1.165, 1.54) is 29.1 Å². The highest BCUT2D eigenvalue weighted by atomic mass is 79.9. The molecule has 134 valence electrons. The molecule has 0 aliphatic carbocycles. The van der Waals surface area contributed by atoms with Gasteiger partial charge in [0.2, 0.25) is 0 Å². The summed E-state index contributed by atoms with van der Waals surface area (Å²) >= 11 is 3.06. The number of aromatic nitrogens is 2. The number of nitrogens with one attached hydrogen (secondary N) is 1. The molecule has 26 heavy (non-hydrogen) atoms. The zero-order chi connectivity index (χ0) is 18.7. The van der Waals surface area contributed by atoms with Crippen LogP contribution in [0.5, 0.6) is 0 Å². The second kappa shape index (κ2) is 7.48. The van der Waals surface area contributed by atoms with Crippen molar-refractivity contribution >= 4 is 27.7 Å². The fraction of sp³-hybridized carbons (Fsp3) is 0.125. The molecule has 1 aromatic carbocycles. The van der Waals surface area contributed by atoms with E-state index in [0.717, 1.165) is 5.56 Å². The first-order chi connectivity index (χ1) is 12.4. The van der Waals surface area contributed by atoms with Crippen LogP contribution >= 0.6 is 15.9 Å². The van der Waals surface area contributed by atoms with Crippen molar-refractivity contribution in [1.29, 1.82) is 0 Å². The van der Waals surface area contributed by atoms with Gasteiger partial charge in [-0.1, -0.05) is 12.1 Å². The zero-order valence-corrected chi connectivity index (χ0v) is 14.8. The summed E-state index contributed by atoms with van der Waals surface area (Å²) in [5.74, 6) is -0.548. The molecule has 0 fully saturated rings. The molecule has 1 N–H and O–H groups in total. The minimum absolute atomic E-state index is 0.0998. The zero-order valence-electron chi connectivity index (χ0n) is 13.2. The maximum absolute atomic E-state index is 12.9. The molecular formula is C16H12BrFN4O4. The Balaban J connectivity index is 1.61. The molecule has 1 amide bonds. The van der Waals surface area contributed by atoms with E-state index < -0.39 is 10.8 Å². The number of nitrogens with zero attached hydrogens (tertiary/aromatic N) is 3. The first-order valence-corrected chi connectivity index (χ1v) is 8.20. The Morgan fingerprint density at radius 1 is 1.31 bits per heavy atom. The van der Waals surface area contributed by atoms with Crippen LogP contribution in [0.15, 0.2) is 51.5 Å². The van der Waals surface area contributed by atoms with Crippen LogP contribution in [0.2, 0.25) is 0 Å². The maximum Gasteiger partial charge on any atom is 0.404 e. The van der Waals surface area contributed by atoms with Crippen LogP contribution < -0.4 is 5.32 Å². The molecule has 3 rings (SSSR count). The van der Waals surface area contributed by atoms with Crippen molar-refractivity contribution in [1.82, 2.24) is 15.1 Å². The van der Waals surface area contributed by atoms with Crippen LogP contribution in [0.1, 0.15) is 21.9 Å². The third-order valence-electron chi connectivity index (χ3n) is 3.44. The van der Waals surface area contributed by atoms with Gasteiger partial charge in [0, 0.05) is 6.54 Å². The van der Waals surface area contributed by atoms with Crippen LogP contribution in [-0.4, -0.2) is 20.6 Å². The molecule has 0 aliphatic rings. The number of carbonyl (C=O) groups excluding carboxylic acids is 1. The molecule has 0 spiro atoms. The van der Waals surface area contributed by atoms with E-state index >= 15 is 0 Å². The smallest absolute Gasteiger partial charge is 0.404 e. The SMILES string of the molecule is O=C(NCc1ccc(F)cc1)c1ccc(Cn2cc(Br)c([N+](=O)[O-])n2)o1. The second-order valence-electron chi connectivity index (χ2n) is 5.33. The molecular weight excluding hydrogens is 411 g/mol. The molecule has 0 bridgehead atoms. The van der Waals surface area contributed by atoms with Crippen molar-refractivity contribution in [2.45, 2.75) is 13.1 Å². The Kier molecular flexibility index (Phi) is 5.12. The minimum Gasteiger partial charge on any atom is -0.454 e. The first-order valence-electron chi connectivity index (χ1n) is 7.41. The van der Waals surface area contributed by atoms with Crippen molar-refractivity contribution in [3.05, 3.63) is 80.1 Å². The largest absolute Gasteiger partial charge is 0.454 e. The molecule has 8 nitrogen and oxygen atoms in total. The Hall–Kier alpha value is -3.01. The van der Waals surface area contributed by atoms with Gasteiger partial charge < -0.3 is 19.8 Å². The lowest BCUT2D eigenvalue weighted by atomic mass is 10.2. The predicted octanol–water partition coefficient (Wildman–Crippen LogP) is 3.26. The highest BCUT2D eigenvalue weighted by molar-refractivity contribution is 9.10. The van der Waals surface area contributed by atoms with Gasteiger partial charge in [0.25, 0.3) is 5.91 Å². The third kappa shape index (κ3) is 4.14. The van der Waals surface area contributed by atoms with E-state index in [4.69, 9.17) is 4.42 Å².